The molecule has 0 unspecified atom stereocenters. The van der Waals surface area contributed by atoms with Gasteiger partial charge >= 0.3 is 0 Å². The van der Waals surface area contributed by atoms with E-state index < -0.39 is 22.2 Å². The average molecular weight is 440 g/mol. The summed E-state index contributed by atoms with van der Waals surface area (Å²) in [5, 5.41) is 10.3. The summed E-state index contributed by atoms with van der Waals surface area (Å²) in [5.74, 6) is -0.147. The largest absolute Gasteiger partial charge is 0.495 e. The Kier molecular flexibility index (Phi) is 5.01. The summed E-state index contributed by atoms with van der Waals surface area (Å²) in [5.41, 5.74) is 0.209. The number of nitrogens with one attached hydrogen (secondary N) is 1. The molecule has 1 amide bonds. The van der Waals surface area contributed by atoms with Gasteiger partial charge in [0.25, 0.3) is 15.9 Å². The van der Waals surface area contributed by atoms with Crippen LogP contribution in [-0.4, -0.2) is 61.7 Å². The molecule has 1 aromatic carbocycles. The van der Waals surface area contributed by atoms with Gasteiger partial charge in [-0.25, -0.2) is 13.4 Å². The van der Waals surface area contributed by atoms with E-state index in [1.165, 1.54) is 42.5 Å². The lowest BCUT2D eigenvalue weighted by Gasteiger charge is -2.22. The molecule has 0 spiro atoms. The Hall–Kier alpha value is -2.56. The van der Waals surface area contributed by atoms with Crippen molar-refractivity contribution in [1.82, 2.24) is 9.88 Å². The van der Waals surface area contributed by atoms with Gasteiger partial charge in [0.05, 0.1) is 31.1 Å². The lowest BCUT2D eigenvalue weighted by atomic mass is 10.2. The fourth-order valence-corrected chi connectivity index (χ4v) is 4.92. The molecule has 0 aliphatic carbocycles. The Balaban J connectivity index is 1.67. The highest BCUT2D eigenvalue weighted by atomic mass is 35.5. The minimum Gasteiger partial charge on any atom is -0.495 e. The summed E-state index contributed by atoms with van der Waals surface area (Å²) in [7, 11) is -2.71. The van der Waals surface area contributed by atoms with Gasteiger partial charge in [-0.3, -0.25) is 9.52 Å². The van der Waals surface area contributed by atoms with Gasteiger partial charge in [0.15, 0.2) is 0 Å². The zero-order valence-electron chi connectivity index (χ0n) is 15.3. The number of benzene rings is 1. The standard InChI is InChI=1S/C18H18ClN3O6S/c1-27-15-3-2-10(19)6-16(15)29(25,26)21-11-7-12-17(20-8-11)28-9-13-14(23)4-5-22(13)18(12)24/h2-3,6-8,13-14,21,23H,4-5,9H2,1H3/t13-,14+/m0/s1. The van der Waals surface area contributed by atoms with E-state index in [4.69, 9.17) is 21.1 Å². The van der Waals surface area contributed by atoms with Crippen molar-refractivity contribution in [3.8, 4) is 11.6 Å². The van der Waals surface area contributed by atoms with E-state index in [-0.39, 0.29) is 45.3 Å². The number of methoxy groups -OCH3 is 1. The number of ether oxygens (including phenoxy) is 2. The number of rotatable bonds is 4. The Morgan fingerprint density at radius 1 is 1.38 bits per heavy atom. The van der Waals surface area contributed by atoms with Crippen LogP contribution in [0.2, 0.25) is 5.02 Å². The van der Waals surface area contributed by atoms with Gasteiger partial charge < -0.3 is 19.5 Å². The number of aromatic nitrogens is 1. The predicted molar refractivity (Wildman–Crippen MR) is 104 cm³/mol. The average Bonchev–Trinajstić information content (AvgIpc) is 2.99. The van der Waals surface area contributed by atoms with Crippen LogP contribution in [0.3, 0.4) is 0 Å². The maximum absolute atomic E-state index is 12.9. The SMILES string of the molecule is COc1ccc(Cl)cc1S(=O)(=O)Nc1cnc2c(c1)C(=O)N1CC[C@@H](O)[C@@H]1CO2. The summed E-state index contributed by atoms with van der Waals surface area (Å²) in [6.45, 7) is 0.515. The molecule has 3 heterocycles. The molecule has 0 saturated carbocycles. The third kappa shape index (κ3) is 3.59. The van der Waals surface area contributed by atoms with Gasteiger partial charge in [-0.2, -0.15) is 0 Å². The van der Waals surface area contributed by atoms with Crippen LogP contribution < -0.4 is 14.2 Å². The molecule has 2 N–H and O–H groups in total. The van der Waals surface area contributed by atoms with Crippen molar-refractivity contribution in [2.24, 2.45) is 0 Å². The van der Waals surface area contributed by atoms with E-state index in [0.29, 0.717) is 13.0 Å². The van der Waals surface area contributed by atoms with Crippen molar-refractivity contribution in [3.63, 3.8) is 0 Å². The minimum absolute atomic E-state index is 0.0842. The highest BCUT2D eigenvalue weighted by molar-refractivity contribution is 7.92. The number of carbonyl (C=O) groups excluding carboxylic acids is 1. The Morgan fingerprint density at radius 3 is 2.93 bits per heavy atom. The third-order valence-corrected chi connectivity index (χ3v) is 6.55. The molecule has 2 aliphatic heterocycles. The monoisotopic (exact) mass is 439 g/mol. The number of hydrogen-bond donors (Lipinski definition) is 2. The molecular weight excluding hydrogens is 422 g/mol. The Morgan fingerprint density at radius 2 is 2.17 bits per heavy atom. The first-order valence-corrected chi connectivity index (χ1v) is 10.6. The second-order valence-electron chi connectivity index (χ2n) is 6.71. The summed E-state index contributed by atoms with van der Waals surface area (Å²) in [6, 6.07) is 5.14. The number of aliphatic hydroxyl groups excluding tert-OH is 1. The second kappa shape index (κ2) is 7.36. The van der Waals surface area contributed by atoms with E-state index in [1.807, 2.05) is 0 Å². The smallest absolute Gasteiger partial charge is 0.265 e. The van der Waals surface area contributed by atoms with Crippen molar-refractivity contribution < 1.29 is 27.8 Å². The number of hydrogen-bond acceptors (Lipinski definition) is 7. The zero-order chi connectivity index (χ0) is 20.8. The normalized spacial score (nSPS) is 21.1. The molecule has 0 radical (unpaired) electrons. The van der Waals surface area contributed by atoms with Crippen LogP contribution in [0.1, 0.15) is 16.8 Å². The maximum Gasteiger partial charge on any atom is 0.265 e. The molecule has 0 bridgehead atoms. The molecule has 2 atom stereocenters. The number of carbonyl (C=O) groups is 1. The number of halogens is 1. The molecule has 2 aliphatic rings. The first-order chi connectivity index (χ1) is 13.8. The lowest BCUT2D eigenvalue weighted by Crippen LogP contribution is -2.41. The molecular formula is C18H18ClN3O6S. The molecule has 1 aromatic heterocycles. The van der Waals surface area contributed by atoms with Crippen LogP contribution in [0.4, 0.5) is 5.69 Å². The van der Waals surface area contributed by atoms with Crippen LogP contribution >= 0.6 is 11.6 Å². The number of fused-ring (bicyclic) bond motifs is 2. The molecule has 2 aromatic rings. The third-order valence-electron chi connectivity index (χ3n) is 4.91. The predicted octanol–water partition coefficient (Wildman–Crippen LogP) is 1.51. The molecule has 154 valence electrons. The summed E-state index contributed by atoms with van der Waals surface area (Å²) >= 11 is 5.93. The van der Waals surface area contributed by atoms with Gasteiger partial charge in [-0.1, -0.05) is 11.6 Å². The number of anilines is 1. The van der Waals surface area contributed by atoms with Gasteiger partial charge in [0.2, 0.25) is 5.88 Å². The molecule has 11 heteroatoms. The number of pyridine rings is 1. The number of amides is 1. The van der Waals surface area contributed by atoms with Crippen LogP contribution in [-0.2, 0) is 10.0 Å². The van der Waals surface area contributed by atoms with Crippen molar-refractivity contribution in [2.45, 2.75) is 23.5 Å². The summed E-state index contributed by atoms with van der Waals surface area (Å²) < 4.78 is 38.8. The van der Waals surface area contributed by atoms with Crippen molar-refractivity contribution in [1.29, 1.82) is 0 Å². The van der Waals surface area contributed by atoms with Crippen molar-refractivity contribution >= 4 is 33.2 Å². The number of nitrogens with zero attached hydrogens (tertiary/aromatic N) is 2. The van der Waals surface area contributed by atoms with Crippen molar-refractivity contribution in [2.75, 3.05) is 25.0 Å². The van der Waals surface area contributed by atoms with E-state index in [1.54, 1.807) is 0 Å². The van der Waals surface area contributed by atoms with Gasteiger partial charge in [-0.15, -0.1) is 0 Å². The van der Waals surface area contributed by atoms with Crippen LogP contribution in [0, 0.1) is 0 Å². The fraction of sp³-hybridized carbons (Fsp3) is 0.333. The first-order valence-electron chi connectivity index (χ1n) is 8.78. The number of sulfonamides is 1. The van der Waals surface area contributed by atoms with E-state index in [9.17, 15) is 18.3 Å². The highest BCUT2D eigenvalue weighted by Gasteiger charge is 2.40. The van der Waals surface area contributed by atoms with E-state index in [0.717, 1.165) is 0 Å². The van der Waals surface area contributed by atoms with Crippen LogP contribution in [0.15, 0.2) is 35.4 Å². The van der Waals surface area contributed by atoms with Gasteiger partial charge in [-0.05, 0) is 30.7 Å². The molecule has 29 heavy (non-hydrogen) atoms. The maximum atomic E-state index is 12.9. The topological polar surface area (TPSA) is 118 Å². The molecule has 1 fully saturated rings. The van der Waals surface area contributed by atoms with Gasteiger partial charge in [0, 0.05) is 11.6 Å². The summed E-state index contributed by atoms with van der Waals surface area (Å²) in [6.07, 6.45) is 1.05. The lowest BCUT2D eigenvalue weighted by molar-refractivity contribution is 0.0580. The second-order valence-corrected chi connectivity index (χ2v) is 8.80. The van der Waals surface area contributed by atoms with Crippen LogP contribution in [0.25, 0.3) is 0 Å². The zero-order valence-corrected chi connectivity index (χ0v) is 16.9. The quantitative estimate of drug-likeness (QED) is 0.741. The molecule has 1 saturated heterocycles. The number of aliphatic hydroxyl groups is 1. The Bertz CT molecular complexity index is 1080. The summed E-state index contributed by atoms with van der Waals surface area (Å²) in [4.78, 5) is 18.3. The van der Waals surface area contributed by atoms with Crippen LogP contribution in [0.5, 0.6) is 11.6 Å². The molecule has 9 nitrogen and oxygen atoms in total. The van der Waals surface area contributed by atoms with E-state index in [2.05, 4.69) is 9.71 Å². The van der Waals surface area contributed by atoms with Crippen molar-refractivity contribution in [3.05, 3.63) is 41.0 Å². The first kappa shape index (κ1) is 19.7. The Labute approximate surface area is 172 Å². The molecule has 4 rings (SSSR count). The van der Waals surface area contributed by atoms with E-state index >= 15 is 0 Å². The minimum atomic E-state index is -4.06. The highest BCUT2D eigenvalue weighted by Crippen LogP contribution is 2.32. The van der Waals surface area contributed by atoms with Gasteiger partial charge in [0.1, 0.15) is 22.8 Å². The fourth-order valence-electron chi connectivity index (χ4n) is 3.46.